The van der Waals surface area contributed by atoms with E-state index in [9.17, 15) is 0 Å². The lowest BCUT2D eigenvalue weighted by molar-refractivity contribution is 0.135. The Hall–Kier alpha value is -3.16. The number of anilines is 1. The van der Waals surface area contributed by atoms with E-state index in [2.05, 4.69) is 59.5 Å². The van der Waals surface area contributed by atoms with Crippen LogP contribution in [0.15, 0.2) is 47.6 Å². The number of hydrogen-bond acceptors (Lipinski definition) is 7. The van der Waals surface area contributed by atoms with Crippen LogP contribution in [-0.4, -0.2) is 76.1 Å². The second-order valence-corrected chi connectivity index (χ2v) is 8.78. The second-order valence-electron chi connectivity index (χ2n) is 8.78. The molecule has 0 amide bonds. The molecule has 1 aliphatic heterocycles. The Morgan fingerprint density at radius 3 is 2.67 bits per heavy atom. The van der Waals surface area contributed by atoms with E-state index in [-0.39, 0.29) is 0 Å². The molecule has 1 aromatic heterocycles. The monoisotopic (exact) mass is 445 g/mol. The summed E-state index contributed by atoms with van der Waals surface area (Å²) in [6, 6.07) is 14.5. The Morgan fingerprint density at radius 2 is 1.88 bits per heavy atom. The predicted molar refractivity (Wildman–Crippen MR) is 134 cm³/mol. The van der Waals surface area contributed by atoms with Gasteiger partial charge in [0.1, 0.15) is 23.9 Å². The zero-order valence-electron chi connectivity index (χ0n) is 19.6. The van der Waals surface area contributed by atoms with Crippen molar-refractivity contribution >= 4 is 22.4 Å². The van der Waals surface area contributed by atoms with Crippen molar-refractivity contribution in [3.8, 4) is 16.9 Å². The number of para-hydroxylation sites is 1. The van der Waals surface area contributed by atoms with E-state index in [1.807, 2.05) is 12.1 Å². The van der Waals surface area contributed by atoms with Gasteiger partial charge < -0.3 is 24.7 Å². The van der Waals surface area contributed by atoms with E-state index in [1.165, 1.54) is 0 Å². The SMILES string of the molecule is COc1ccc2c(c1)C(=NOCCCN(C)C)c1c-2c(N2CCNCC2)nc2ccccc12. The number of piperazine rings is 1. The summed E-state index contributed by atoms with van der Waals surface area (Å²) in [5, 5.41) is 9.24. The molecule has 2 aliphatic rings. The quantitative estimate of drug-likeness (QED) is 0.348. The van der Waals surface area contributed by atoms with Crippen molar-refractivity contribution in [2.75, 3.05) is 65.4 Å². The van der Waals surface area contributed by atoms with Crippen molar-refractivity contribution in [1.29, 1.82) is 0 Å². The highest BCUT2D eigenvalue weighted by molar-refractivity contribution is 6.30. The lowest BCUT2D eigenvalue weighted by Crippen LogP contribution is -2.44. The molecule has 33 heavy (non-hydrogen) atoms. The maximum absolute atomic E-state index is 5.87. The van der Waals surface area contributed by atoms with Crippen LogP contribution in [0.1, 0.15) is 17.5 Å². The van der Waals surface area contributed by atoms with Crippen LogP contribution in [0.2, 0.25) is 0 Å². The van der Waals surface area contributed by atoms with Gasteiger partial charge in [-0.2, -0.15) is 0 Å². The maximum atomic E-state index is 5.87. The molecule has 172 valence electrons. The Balaban J connectivity index is 1.67. The molecule has 1 saturated heterocycles. The molecular weight excluding hydrogens is 414 g/mol. The molecule has 0 radical (unpaired) electrons. The van der Waals surface area contributed by atoms with Crippen LogP contribution >= 0.6 is 0 Å². The Labute approximate surface area is 195 Å². The summed E-state index contributed by atoms with van der Waals surface area (Å²) in [6.07, 6.45) is 0.921. The summed E-state index contributed by atoms with van der Waals surface area (Å²) in [7, 11) is 5.83. The van der Waals surface area contributed by atoms with Gasteiger partial charge in [0.2, 0.25) is 0 Å². The third-order valence-electron chi connectivity index (χ3n) is 6.27. The van der Waals surface area contributed by atoms with Crippen LogP contribution in [0.25, 0.3) is 22.0 Å². The van der Waals surface area contributed by atoms with E-state index in [0.717, 1.165) is 89.6 Å². The number of nitrogens with zero attached hydrogens (tertiary/aromatic N) is 4. The minimum absolute atomic E-state index is 0.573. The van der Waals surface area contributed by atoms with Gasteiger partial charge in [0.25, 0.3) is 0 Å². The van der Waals surface area contributed by atoms with Crippen LogP contribution in [-0.2, 0) is 4.84 Å². The predicted octanol–water partition coefficient (Wildman–Crippen LogP) is 3.35. The molecule has 3 aromatic rings. The topological polar surface area (TPSA) is 62.2 Å². The number of benzene rings is 2. The van der Waals surface area contributed by atoms with Crippen molar-refractivity contribution in [3.63, 3.8) is 0 Å². The molecule has 0 bridgehead atoms. The highest BCUT2D eigenvalue weighted by atomic mass is 16.6. The molecule has 1 aliphatic carbocycles. The fourth-order valence-electron chi connectivity index (χ4n) is 4.65. The van der Waals surface area contributed by atoms with Gasteiger partial charge >= 0.3 is 0 Å². The minimum atomic E-state index is 0.573. The van der Waals surface area contributed by atoms with E-state index in [4.69, 9.17) is 19.7 Å². The molecule has 2 heterocycles. The molecule has 0 atom stereocenters. The number of methoxy groups -OCH3 is 1. The van der Waals surface area contributed by atoms with E-state index >= 15 is 0 Å². The van der Waals surface area contributed by atoms with E-state index in [1.54, 1.807) is 7.11 Å². The van der Waals surface area contributed by atoms with Gasteiger partial charge in [-0.1, -0.05) is 23.4 Å². The van der Waals surface area contributed by atoms with Crippen LogP contribution < -0.4 is 15.0 Å². The average Bonchev–Trinajstić information content (AvgIpc) is 3.17. The fraction of sp³-hybridized carbons (Fsp3) is 0.385. The smallest absolute Gasteiger partial charge is 0.137 e. The molecular formula is C26H31N5O2. The zero-order valence-corrected chi connectivity index (χ0v) is 19.6. The standard InChI is InChI=1S/C26H31N5O2/c1-30(2)13-6-16-33-29-25-21-17-18(32-3)9-10-19(21)24-23(25)20-7-4-5-8-22(20)28-26(24)31-14-11-27-12-15-31/h4-5,7-10,17,27H,6,11-16H2,1-3H3. The third-order valence-corrected chi connectivity index (χ3v) is 6.27. The van der Waals surface area contributed by atoms with Crippen molar-refractivity contribution < 1.29 is 9.57 Å². The third kappa shape index (κ3) is 4.14. The summed E-state index contributed by atoms with van der Waals surface area (Å²) in [5.41, 5.74) is 6.25. The first-order valence-corrected chi connectivity index (χ1v) is 11.6. The fourth-order valence-corrected chi connectivity index (χ4v) is 4.65. The molecule has 0 saturated carbocycles. The number of ether oxygens (including phenoxy) is 1. The van der Waals surface area contributed by atoms with Crippen LogP contribution in [0.4, 0.5) is 5.82 Å². The largest absolute Gasteiger partial charge is 0.497 e. The van der Waals surface area contributed by atoms with Crippen molar-refractivity contribution in [3.05, 3.63) is 53.6 Å². The number of nitrogens with one attached hydrogen (secondary N) is 1. The van der Waals surface area contributed by atoms with Gasteiger partial charge in [-0.3, -0.25) is 0 Å². The van der Waals surface area contributed by atoms with Crippen molar-refractivity contribution in [2.45, 2.75) is 6.42 Å². The molecule has 0 unspecified atom stereocenters. The minimum Gasteiger partial charge on any atom is -0.497 e. The summed E-state index contributed by atoms with van der Waals surface area (Å²) >= 11 is 0. The number of fused-ring (bicyclic) bond motifs is 5. The van der Waals surface area contributed by atoms with Gasteiger partial charge in [-0.05, 0) is 50.3 Å². The van der Waals surface area contributed by atoms with Gasteiger partial charge in [0.15, 0.2) is 0 Å². The summed E-state index contributed by atoms with van der Waals surface area (Å²) in [5.74, 6) is 1.83. The lowest BCUT2D eigenvalue weighted by Gasteiger charge is -2.30. The van der Waals surface area contributed by atoms with E-state index in [0.29, 0.717) is 6.61 Å². The van der Waals surface area contributed by atoms with Gasteiger partial charge in [-0.15, -0.1) is 0 Å². The number of aromatic nitrogens is 1. The summed E-state index contributed by atoms with van der Waals surface area (Å²) < 4.78 is 5.55. The lowest BCUT2D eigenvalue weighted by atomic mass is 10.0. The molecule has 7 heteroatoms. The summed E-state index contributed by atoms with van der Waals surface area (Å²) in [4.78, 5) is 15.5. The van der Waals surface area contributed by atoms with Gasteiger partial charge in [0, 0.05) is 54.8 Å². The summed E-state index contributed by atoms with van der Waals surface area (Å²) in [6.45, 7) is 5.30. The second kappa shape index (κ2) is 9.37. The highest BCUT2D eigenvalue weighted by Gasteiger charge is 2.33. The molecule has 7 nitrogen and oxygen atoms in total. The first-order chi connectivity index (χ1) is 16.2. The van der Waals surface area contributed by atoms with Crippen LogP contribution in [0.5, 0.6) is 5.75 Å². The average molecular weight is 446 g/mol. The van der Waals surface area contributed by atoms with Crippen LogP contribution in [0, 0.1) is 0 Å². The number of hydrogen-bond donors (Lipinski definition) is 1. The van der Waals surface area contributed by atoms with Gasteiger partial charge in [0.05, 0.1) is 12.6 Å². The maximum Gasteiger partial charge on any atom is 0.137 e. The zero-order chi connectivity index (χ0) is 22.8. The Morgan fingerprint density at radius 1 is 1.06 bits per heavy atom. The van der Waals surface area contributed by atoms with Crippen molar-refractivity contribution in [1.82, 2.24) is 15.2 Å². The van der Waals surface area contributed by atoms with E-state index < -0.39 is 0 Å². The molecule has 1 fully saturated rings. The van der Waals surface area contributed by atoms with Crippen molar-refractivity contribution in [2.24, 2.45) is 5.16 Å². The normalized spacial score (nSPS) is 16.4. The highest BCUT2D eigenvalue weighted by Crippen LogP contribution is 2.46. The first-order valence-electron chi connectivity index (χ1n) is 11.6. The number of oxime groups is 1. The Bertz CT molecular complexity index is 1180. The van der Waals surface area contributed by atoms with Gasteiger partial charge in [-0.25, -0.2) is 4.98 Å². The molecule has 5 rings (SSSR count). The number of rotatable bonds is 7. The first kappa shape index (κ1) is 21.7. The molecule has 1 N–H and O–H groups in total. The van der Waals surface area contributed by atoms with Crippen LogP contribution in [0.3, 0.4) is 0 Å². The number of pyridine rings is 1. The molecule has 2 aromatic carbocycles. The Kier molecular flexibility index (Phi) is 6.15. The molecule has 0 spiro atoms.